The average molecular weight is 506 g/mol. The van der Waals surface area contributed by atoms with E-state index in [0.29, 0.717) is 17.7 Å². The third kappa shape index (κ3) is 6.56. The van der Waals surface area contributed by atoms with E-state index in [1.807, 2.05) is 19.1 Å². The summed E-state index contributed by atoms with van der Waals surface area (Å²) >= 11 is 0. The molecule has 0 heterocycles. The van der Waals surface area contributed by atoms with E-state index in [1.165, 1.54) is 0 Å². The van der Waals surface area contributed by atoms with Gasteiger partial charge < -0.3 is 0 Å². The van der Waals surface area contributed by atoms with E-state index < -0.39 is 46.9 Å². The van der Waals surface area contributed by atoms with E-state index in [1.54, 1.807) is 12.1 Å². The molecule has 0 radical (unpaired) electrons. The van der Waals surface area contributed by atoms with Crippen molar-refractivity contribution in [3.05, 3.63) is 94.1 Å². The second-order valence-corrected chi connectivity index (χ2v) is 7.86. The first-order valence-corrected chi connectivity index (χ1v) is 10.5. The zero-order chi connectivity index (χ0) is 26.0. The molecule has 3 rings (SSSR count). The fraction of sp³-hybridized carbons (Fsp3) is 0.280. The molecule has 188 valence electrons. The Balaban J connectivity index is 1.79. The van der Waals surface area contributed by atoms with Crippen LogP contribution in [-0.2, 0) is 30.1 Å². The van der Waals surface area contributed by atoms with Crippen molar-refractivity contribution in [1.29, 1.82) is 0 Å². The molecule has 0 aliphatic rings. The summed E-state index contributed by atoms with van der Waals surface area (Å²) in [6.45, 7) is 2.02. The molecule has 0 aromatic heterocycles. The van der Waals surface area contributed by atoms with Crippen LogP contribution in [0, 0.1) is 23.3 Å². The second-order valence-electron chi connectivity index (χ2n) is 7.86. The summed E-state index contributed by atoms with van der Waals surface area (Å²) < 4.78 is 123. The van der Waals surface area contributed by atoms with Crippen molar-refractivity contribution in [2.75, 3.05) is 0 Å². The Morgan fingerprint density at radius 2 is 1.17 bits per heavy atom. The van der Waals surface area contributed by atoms with E-state index in [9.17, 15) is 39.5 Å². The van der Waals surface area contributed by atoms with E-state index in [-0.39, 0.29) is 24.0 Å². The monoisotopic (exact) mass is 506 g/mol. The van der Waals surface area contributed by atoms with Crippen LogP contribution in [0.2, 0.25) is 0 Å². The third-order valence-electron chi connectivity index (χ3n) is 5.27. The fourth-order valence-electron chi connectivity index (χ4n) is 3.67. The lowest BCUT2D eigenvalue weighted by Gasteiger charge is -2.20. The quantitative estimate of drug-likeness (QED) is 0.280. The van der Waals surface area contributed by atoms with Crippen molar-refractivity contribution in [2.45, 2.75) is 45.1 Å². The molecule has 1 nitrogen and oxygen atoms in total. The van der Waals surface area contributed by atoms with Gasteiger partial charge >= 0.3 is 12.5 Å². The normalized spacial score (nSPS) is 12.3. The van der Waals surface area contributed by atoms with Gasteiger partial charge in [0.2, 0.25) is 0 Å². The van der Waals surface area contributed by atoms with Crippen molar-refractivity contribution in [2.24, 2.45) is 0 Å². The SMILES string of the molecule is CCCc1ccc(-c2cc(F)c(CCc3cc(F)c(C(F)(F)OC(F)(F)F)c(F)c3)c(F)c2)cc1. The Hall–Kier alpha value is -3.01. The highest BCUT2D eigenvalue weighted by Crippen LogP contribution is 2.39. The van der Waals surface area contributed by atoms with Gasteiger partial charge in [-0.15, -0.1) is 13.2 Å². The number of alkyl halides is 5. The first-order valence-electron chi connectivity index (χ1n) is 10.5. The minimum atomic E-state index is -5.85. The molecular weight excluding hydrogens is 487 g/mol. The number of aryl methyl sites for hydroxylation is 2. The van der Waals surface area contributed by atoms with Crippen molar-refractivity contribution >= 4 is 0 Å². The molecule has 3 aromatic carbocycles. The molecule has 0 atom stereocenters. The zero-order valence-corrected chi connectivity index (χ0v) is 18.3. The predicted molar refractivity (Wildman–Crippen MR) is 111 cm³/mol. The molecule has 3 aromatic rings. The van der Waals surface area contributed by atoms with Crippen LogP contribution in [0.25, 0.3) is 11.1 Å². The average Bonchev–Trinajstić information content (AvgIpc) is 2.71. The van der Waals surface area contributed by atoms with Gasteiger partial charge in [0.1, 0.15) is 28.8 Å². The van der Waals surface area contributed by atoms with Gasteiger partial charge in [0.25, 0.3) is 0 Å². The van der Waals surface area contributed by atoms with Gasteiger partial charge in [-0.05, 0) is 65.8 Å². The first kappa shape index (κ1) is 26.6. The van der Waals surface area contributed by atoms with Crippen LogP contribution in [0.3, 0.4) is 0 Å². The Labute approximate surface area is 195 Å². The van der Waals surface area contributed by atoms with E-state index in [2.05, 4.69) is 4.74 Å². The molecule has 0 fully saturated rings. The lowest BCUT2D eigenvalue weighted by Crippen LogP contribution is -2.29. The summed E-state index contributed by atoms with van der Waals surface area (Å²) in [5.41, 5.74) is -0.976. The van der Waals surface area contributed by atoms with Crippen LogP contribution in [-0.4, -0.2) is 6.36 Å². The smallest absolute Gasteiger partial charge is 0.222 e. The minimum absolute atomic E-state index is 0.278. The Kier molecular flexibility index (Phi) is 7.83. The van der Waals surface area contributed by atoms with Crippen molar-refractivity contribution in [3.8, 4) is 11.1 Å². The highest BCUT2D eigenvalue weighted by Gasteiger charge is 2.49. The van der Waals surface area contributed by atoms with Gasteiger partial charge in [-0.25, -0.2) is 22.3 Å². The summed E-state index contributed by atoms with van der Waals surface area (Å²) in [7, 11) is 0. The van der Waals surface area contributed by atoms with Gasteiger partial charge in [0.15, 0.2) is 0 Å². The van der Waals surface area contributed by atoms with Crippen LogP contribution >= 0.6 is 0 Å². The molecule has 0 amide bonds. The highest BCUT2D eigenvalue weighted by molar-refractivity contribution is 5.64. The zero-order valence-electron chi connectivity index (χ0n) is 18.3. The summed E-state index contributed by atoms with van der Waals surface area (Å²) in [5.74, 6) is -5.81. The molecular formula is C25H19F9O. The molecule has 0 aliphatic carbocycles. The van der Waals surface area contributed by atoms with Crippen LogP contribution in [0.4, 0.5) is 39.5 Å². The summed E-state index contributed by atoms with van der Waals surface area (Å²) in [6, 6.07) is 10.1. The number of benzene rings is 3. The standard InChI is InChI=1S/C25H19F9O/c1-2-3-14-4-7-16(8-5-14)17-12-19(26)18(20(27)13-17)9-6-15-10-21(28)23(22(29)11-15)24(30,31)35-25(32,33)34/h4-5,7-8,10-13H,2-3,6,9H2,1H3. The Bertz CT molecular complexity index is 1140. The molecule has 0 saturated carbocycles. The Morgan fingerprint density at radius 3 is 1.66 bits per heavy atom. The fourth-order valence-corrected chi connectivity index (χ4v) is 3.67. The molecule has 35 heavy (non-hydrogen) atoms. The number of ether oxygens (including phenoxy) is 1. The van der Waals surface area contributed by atoms with Crippen molar-refractivity contribution < 1.29 is 44.3 Å². The van der Waals surface area contributed by atoms with E-state index in [4.69, 9.17) is 0 Å². The van der Waals surface area contributed by atoms with Gasteiger partial charge in [-0.2, -0.15) is 8.78 Å². The van der Waals surface area contributed by atoms with Gasteiger partial charge in [-0.3, -0.25) is 0 Å². The van der Waals surface area contributed by atoms with Crippen LogP contribution < -0.4 is 0 Å². The maximum atomic E-state index is 14.6. The number of hydrogen-bond donors (Lipinski definition) is 0. The molecule has 0 bridgehead atoms. The van der Waals surface area contributed by atoms with Gasteiger partial charge in [0, 0.05) is 5.56 Å². The minimum Gasteiger partial charge on any atom is -0.222 e. The van der Waals surface area contributed by atoms with Crippen LogP contribution in [0.5, 0.6) is 0 Å². The Morgan fingerprint density at radius 1 is 0.629 bits per heavy atom. The maximum absolute atomic E-state index is 14.6. The topological polar surface area (TPSA) is 9.23 Å². The van der Waals surface area contributed by atoms with Crippen molar-refractivity contribution in [1.82, 2.24) is 0 Å². The first-order chi connectivity index (χ1) is 16.3. The maximum Gasteiger partial charge on any atom is 0.527 e. The van der Waals surface area contributed by atoms with Gasteiger partial charge in [-0.1, -0.05) is 37.6 Å². The van der Waals surface area contributed by atoms with Crippen molar-refractivity contribution in [3.63, 3.8) is 0 Å². The second kappa shape index (κ2) is 10.3. The number of halogens is 9. The lowest BCUT2D eigenvalue weighted by atomic mass is 9.97. The summed E-state index contributed by atoms with van der Waals surface area (Å²) in [5, 5.41) is 0. The van der Waals surface area contributed by atoms with E-state index >= 15 is 0 Å². The predicted octanol–water partition coefficient (Wildman–Crippen LogP) is 8.23. The van der Waals surface area contributed by atoms with E-state index in [0.717, 1.165) is 30.5 Å². The summed E-state index contributed by atoms with van der Waals surface area (Å²) in [4.78, 5) is 0. The molecule has 0 saturated heterocycles. The molecule has 0 unspecified atom stereocenters. The van der Waals surface area contributed by atoms with Crippen LogP contribution in [0.15, 0.2) is 48.5 Å². The van der Waals surface area contributed by atoms with Gasteiger partial charge in [0.05, 0.1) is 0 Å². The third-order valence-corrected chi connectivity index (χ3v) is 5.27. The molecule has 0 N–H and O–H groups in total. The molecule has 0 spiro atoms. The largest absolute Gasteiger partial charge is 0.527 e. The highest BCUT2D eigenvalue weighted by atomic mass is 19.4. The molecule has 0 aliphatic heterocycles. The molecule has 10 heteroatoms. The summed E-state index contributed by atoms with van der Waals surface area (Å²) in [6.07, 6.45) is -10.1. The lowest BCUT2D eigenvalue weighted by molar-refractivity contribution is -0.432. The number of rotatable bonds is 8. The number of hydrogen-bond acceptors (Lipinski definition) is 1. The van der Waals surface area contributed by atoms with Crippen LogP contribution in [0.1, 0.15) is 35.6 Å².